The molecule has 8 nitrogen and oxygen atoms in total. The summed E-state index contributed by atoms with van der Waals surface area (Å²) < 4.78 is 3.59. The van der Waals surface area contributed by atoms with Crippen molar-refractivity contribution in [3.63, 3.8) is 0 Å². The van der Waals surface area contributed by atoms with Gasteiger partial charge < -0.3 is 25.2 Å². The van der Waals surface area contributed by atoms with Gasteiger partial charge in [0.05, 0.1) is 20.8 Å². The molecule has 2 aromatic carbocycles. The van der Waals surface area contributed by atoms with Crippen LogP contribution in [0.4, 0.5) is 11.4 Å². The van der Waals surface area contributed by atoms with Crippen LogP contribution in [0.2, 0.25) is 5.02 Å². The molecule has 0 bridgehead atoms. The number of aliphatic carboxylic acids is 1. The van der Waals surface area contributed by atoms with Gasteiger partial charge in [0.1, 0.15) is 5.54 Å². The average molecular weight is 657 g/mol. The largest absolute Gasteiger partial charge is 0.478 e. The monoisotopic (exact) mass is 656 g/mol. The summed E-state index contributed by atoms with van der Waals surface area (Å²) in [7, 11) is 2.11. The molecule has 3 heterocycles. The van der Waals surface area contributed by atoms with Crippen LogP contribution in [0.3, 0.4) is 0 Å². The van der Waals surface area contributed by atoms with E-state index in [9.17, 15) is 14.4 Å². The summed E-state index contributed by atoms with van der Waals surface area (Å²) in [5.74, 6) is -1.04. The van der Waals surface area contributed by atoms with Crippen LogP contribution >= 0.6 is 22.9 Å². The maximum Gasteiger partial charge on any atom is 0.328 e. The summed E-state index contributed by atoms with van der Waals surface area (Å²) >= 11 is 8.01. The fraction of sp³-hybridized carbons (Fsp3) is 0.361. The number of nitrogens with zero attached hydrogens (tertiary/aromatic N) is 2. The van der Waals surface area contributed by atoms with Gasteiger partial charge in [0.2, 0.25) is 5.91 Å². The lowest BCUT2D eigenvalue weighted by atomic mass is 9.75. The zero-order chi connectivity index (χ0) is 32.0. The number of carbonyl (C=O) groups excluding carboxylic acids is 2. The summed E-state index contributed by atoms with van der Waals surface area (Å²) in [5.41, 5.74) is 6.37. The number of amides is 2. The Balaban J connectivity index is 1.19. The number of halogens is 1. The molecule has 0 saturated heterocycles. The SMILES string of the molecule is CN1CCn2c(c(C3CCCCC3)c3sc(C(=O)NC4(C(=O)Nc5ccc(C=CC(=O)O)cc5)CCC4)cc32)-c2ccc(Cl)cc21. The third-order valence-corrected chi connectivity index (χ3v) is 11.3. The van der Waals surface area contributed by atoms with Crippen LogP contribution < -0.4 is 15.5 Å². The van der Waals surface area contributed by atoms with Crippen molar-refractivity contribution in [3.05, 3.63) is 75.6 Å². The van der Waals surface area contributed by atoms with E-state index >= 15 is 0 Å². The molecule has 2 saturated carbocycles. The highest BCUT2D eigenvalue weighted by Crippen LogP contribution is 2.49. The number of thiophene rings is 1. The minimum atomic E-state index is -1.02. The van der Waals surface area contributed by atoms with Crippen molar-refractivity contribution in [3.8, 4) is 11.3 Å². The number of fused-ring (bicyclic) bond motifs is 5. The van der Waals surface area contributed by atoms with Gasteiger partial charge >= 0.3 is 5.97 Å². The summed E-state index contributed by atoms with van der Waals surface area (Å²) in [5, 5.41) is 15.7. The zero-order valence-electron chi connectivity index (χ0n) is 25.8. The smallest absolute Gasteiger partial charge is 0.328 e. The number of aromatic nitrogens is 1. The Kier molecular flexibility index (Phi) is 8.15. The van der Waals surface area contributed by atoms with Crippen LogP contribution in [0.25, 0.3) is 27.6 Å². The van der Waals surface area contributed by atoms with Crippen molar-refractivity contribution >= 4 is 68.4 Å². The highest BCUT2D eigenvalue weighted by Gasteiger charge is 2.46. The van der Waals surface area contributed by atoms with E-state index in [1.165, 1.54) is 46.9 Å². The highest BCUT2D eigenvalue weighted by molar-refractivity contribution is 7.21. The second-order valence-corrected chi connectivity index (χ2v) is 14.3. The summed E-state index contributed by atoms with van der Waals surface area (Å²) in [6.07, 6.45) is 10.5. The molecule has 2 amide bonds. The molecule has 3 N–H and O–H groups in total. The van der Waals surface area contributed by atoms with Gasteiger partial charge in [0, 0.05) is 48.2 Å². The van der Waals surface area contributed by atoms with Gasteiger partial charge in [-0.3, -0.25) is 9.59 Å². The van der Waals surface area contributed by atoms with Crippen molar-refractivity contribution in [1.82, 2.24) is 9.88 Å². The fourth-order valence-electron chi connectivity index (χ4n) is 7.26. The standard InChI is InChI=1S/C36H37ClN4O4S/c1-40-18-19-41-28-21-29(46-33(28)31(23-6-3-2-4-7-23)32(41)26-14-11-24(37)20-27(26)40)34(44)39-36(16-5-17-36)35(45)38-25-12-8-22(9-13-25)10-15-30(42)43/h8-15,20-21,23H,2-7,16-19H2,1H3,(H,38,45)(H,39,44)(H,42,43). The van der Waals surface area contributed by atoms with Gasteiger partial charge in [-0.15, -0.1) is 11.3 Å². The lowest BCUT2D eigenvalue weighted by Gasteiger charge is -2.40. The molecule has 0 atom stereocenters. The third kappa shape index (κ3) is 5.60. The van der Waals surface area contributed by atoms with Gasteiger partial charge in [-0.2, -0.15) is 0 Å². The Morgan fingerprint density at radius 1 is 1.00 bits per heavy atom. The molecule has 0 spiro atoms. The van der Waals surface area contributed by atoms with Gasteiger partial charge in [-0.05, 0) is 91.6 Å². The molecule has 46 heavy (non-hydrogen) atoms. The second kappa shape index (κ2) is 12.3. The molecule has 7 rings (SSSR count). The Hall–Kier alpha value is -4.08. The number of carboxylic acids is 1. The molecule has 4 aromatic rings. The molecular formula is C36H37ClN4O4S. The van der Waals surface area contributed by atoms with Crippen LogP contribution in [-0.4, -0.2) is 46.6 Å². The van der Waals surface area contributed by atoms with Crippen molar-refractivity contribution in [2.75, 3.05) is 23.8 Å². The van der Waals surface area contributed by atoms with Crippen molar-refractivity contribution in [2.24, 2.45) is 0 Å². The third-order valence-electron chi connectivity index (χ3n) is 9.88. The Bertz CT molecular complexity index is 1860. The number of nitrogens with one attached hydrogen (secondary N) is 2. The number of hydrogen-bond acceptors (Lipinski definition) is 5. The number of benzene rings is 2. The topological polar surface area (TPSA) is 104 Å². The molecule has 1 aliphatic heterocycles. The first-order chi connectivity index (χ1) is 22.2. The van der Waals surface area contributed by atoms with Crippen molar-refractivity contribution < 1.29 is 19.5 Å². The number of hydrogen-bond donors (Lipinski definition) is 3. The summed E-state index contributed by atoms with van der Waals surface area (Å²) in [6.45, 7) is 1.63. The van der Waals surface area contributed by atoms with Crippen molar-refractivity contribution in [1.29, 1.82) is 0 Å². The van der Waals surface area contributed by atoms with Crippen LogP contribution in [0.15, 0.2) is 54.6 Å². The van der Waals surface area contributed by atoms with E-state index < -0.39 is 11.5 Å². The van der Waals surface area contributed by atoms with E-state index in [-0.39, 0.29) is 11.8 Å². The zero-order valence-corrected chi connectivity index (χ0v) is 27.3. The highest BCUT2D eigenvalue weighted by atomic mass is 35.5. The van der Waals surface area contributed by atoms with E-state index in [1.807, 2.05) is 12.1 Å². The second-order valence-electron chi connectivity index (χ2n) is 12.8. The van der Waals surface area contributed by atoms with Crippen LogP contribution in [0.5, 0.6) is 0 Å². The van der Waals surface area contributed by atoms with Crippen LogP contribution in [0.1, 0.15) is 78.1 Å². The van der Waals surface area contributed by atoms with Gasteiger partial charge in [-0.1, -0.05) is 43.0 Å². The maximum absolute atomic E-state index is 13.9. The minimum Gasteiger partial charge on any atom is -0.478 e. The number of carboxylic acid groups (broad SMARTS) is 1. The number of anilines is 2. The van der Waals surface area contributed by atoms with E-state index in [0.29, 0.717) is 34.9 Å². The van der Waals surface area contributed by atoms with Crippen LogP contribution in [0, 0.1) is 0 Å². The molecule has 10 heteroatoms. The van der Waals surface area contributed by atoms with E-state index in [0.717, 1.165) is 54.7 Å². The van der Waals surface area contributed by atoms with Gasteiger partial charge in [0.25, 0.3) is 5.91 Å². The van der Waals surface area contributed by atoms with Crippen LogP contribution in [-0.2, 0) is 16.1 Å². The molecular weight excluding hydrogens is 620 g/mol. The molecule has 0 unspecified atom stereocenters. The van der Waals surface area contributed by atoms with Gasteiger partial charge in [0.15, 0.2) is 0 Å². The summed E-state index contributed by atoms with van der Waals surface area (Å²) in [4.78, 5) is 41.1. The quantitative estimate of drug-likeness (QED) is 0.175. The maximum atomic E-state index is 13.9. The van der Waals surface area contributed by atoms with Gasteiger partial charge in [-0.25, -0.2) is 4.79 Å². The van der Waals surface area contributed by atoms with E-state index in [2.05, 4.69) is 39.3 Å². The number of rotatable bonds is 7. The minimum absolute atomic E-state index is 0.216. The molecule has 2 aromatic heterocycles. The molecule has 3 aliphatic rings. The summed E-state index contributed by atoms with van der Waals surface area (Å²) in [6, 6.07) is 15.2. The average Bonchev–Trinajstić information content (AvgIpc) is 3.55. The normalized spacial score (nSPS) is 17.7. The first-order valence-corrected chi connectivity index (χ1v) is 17.2. The first kappa shape index (κ1) is 30.6. The van der Waals surface area contributed by atoms with Crippen molar-refractivity contribution in [2.45, 2.75) is 69.4 Å². The lowest BCUT2D eigenvalue weighted by Crippen LogP contribution is -2.61. The predicted octanol–water partition coefficient (Wildman–Crippen LogP) is 7.91. The first-order valence-electron chi connectivity index (χ1n) is 16.0. The van der Waals surface area contributed by atoms with E-state index in [1.54, 1.807) is 35.6 Å². The number of likely N-dealkylation sites (N-methyl/N-ethyl adjacent to an activating group) is 1. The molecule has 2 fully saturated rings. The molecule has 2 aliphatic carbocycles. The Labute approximate surface area is 277 Å². The lowest BCUT2D eigenvalue weighted by molar-refractivity contribution is -0.131. The number of carbonyl (C=O) groups is 3. The Morgan fingerprint density at radius 3 is 2.46 bits per heavy atom. The fourth-order valence-corrected chi connectivity index (χ4v) is 8.61. The predicted molar refractivity (Wildman–Crippen MR) is 185 cm³/mol. The molecule has 238 valence electrons. The van der Waals surface area contributed by atoms with E-state index in [4.69, 9.17) is 16.7 Å². The molecule has 0 radical (unpaired) electrons. The Morgan fingerprint density at radius 2 is 1.76 bits per heavy atom.